The van der Waals surface area contributed by atoms with E-state index in [2.05, 4.69) is 19.2 Å². The number of hydrogen-bond acceptors (Lipinski definition) is 32. The Kier molecular flexibility index (Phi) is 41.2. The molecule has 33 heteroatoms. The van der Waals surface area contributed by atoms with Crippen molar-refractivity contribution in [3.8, 4) is 0 Å². The van der Waals surface area contributed by atoms with Crippen LogP contribution in [0, 0.1) is 0 Å². The molecular formula is C70H128N2O31. The molecule has 1 amide bonds. The number of hydrogen-bond donors (Lipinski definition) is 20. The molecule has 6 aliphatic rings. The summed E-state index contributed by atoms with van der Waals surface area (Å²) in [5, 5.41) is 201. The van der Waals surface area contributed by atoms with Gasteiger partial charge in [-0.1, -0.05) is 167 Å². The van der Waals surface area contributed by atoms with E-state index in [9.17, 15) is 96.7 Å². The molecule has 32 atom stereocenters. The summed E-state index contributed by atoms with van der Waals surface area (Å²) < 4.78 is 70.1. The van der Waals surface area contributed by atoms with Gasteiger partial charge in [0.1, 0.15) is 134 Å². The first-order valence-electron chi connectivity index (χ1n) is 37.9. The van der Waals surface area contributed by atoms with Gasteiger partial charge in [-0.05, 0) is 26.2 Å². The minimum Gasteiger partial charge on any atom is -0.394 e. The predicted octanol–water partition coefficient (Wildman–Crippen LogP) is -2.50. The first kappa shape index (κ1) is 89.9. The SMILES string of the molecule is CCCCCCCCCCCCC/C=C/C(O)C(CO[C@@H]1OC(CO)[C@@H](O[C@@H]2OC(CO)[C@H](O[C@H]3OC(CO)[C@H](O)C(O[C@@H]4OC(CO)[C@H](O)C(O[C@@H]5OC(CO)[C@H](O)C(O)C5O[C@@H]5OC(C)[C@@H](O)C(O)C5O)C4N)C3O)C(O)C2O)C(O)C1O)NC(=O)CCCCCCCCCCCCCCC. The zero-order chi connectivity index (χ0) is 75.3. The lowest BCUT2D eigenvalue weighted by molar-refractivity contribution is -0.392. The van der Waals surface area contributed by atoms with Crippen molar-refractivity contribution in [3.05, 3.63) is 12.2 Å². The molecule has 103 heavy (non-hydrogen) atoms. The topological polar surface area (TPSA) is 530 Å². The fourth-order valence-electron chi connectivity index (χ4n) is 13.9. The fourth-order valence-corrected chi connectivity index (χ4v) is 13.9. The highest BCUT2D eigenvalue weighted by molar-refractivity contribution is 5.76. The van der Waals surface area contributed by atoms with E-state index in [0.29, 0.717) is 12.8 Å². The molecule has 33 nitrogen and oxygen atoms in total. The standard InChI is InChI=1S/C70H128N2O31/c1-4-6-8-10-12-14-16-18-20-22-24-26-28-30-40(78)39(72-46(79)31-29-27-25-23-21-19-17-15-13-11-9-7-5-2)37-92-66-57(89)54(86)60(44(35-76)97-66)99-68-58(90)55(87)61(45(36-77)98-68)100-69-59(91)63(51(83)43(34-75)95-69)102-65-47(71)62(50(82)42(33-74)94-65)101-70-64(53(85)49(81)41(32-73)96-70)103-67-56(88)52(84)48(80)38(3)93-67/h28,30,38-45,47-70,73-78,80-91H,4-27,29,31-37,71H2,1-3H3,(H,72,79)/b30-28+/t38?,39?,40?,41?,42?,43?,44?,45?,47?,48-,49+,50+,51+,52?,53?,54?,55?,56?,57?,58?,59?,60-,61+,62?,63?,64?,65+,66-,67+,68+,69-,70+/m1/s1. The van der Waals surface area contributed by atoms with Gasteiger partial charge in [0.25, 0.3) is 0 Å². The van der Waals surface area contributed by atoms with E-state index in [1.807, 2.05) is 6.08 Å². The highest BCUT2D eigenvalue weighted by Gasteiger charge is 2.58. The predicted molar refractivity (Wildman–Crippen MR) is 362 cm³/mol. The Hall–Kier alpha value is -2.03. The van der Waals surface area contributed by atoms with Crippen molar-refractivity contribution in [1.82, 2.24) is 5.32 Å². The highest BCUT2D eigenvalue weighted by Crippen LogP contribution is 2.37. The van der Waals surface area contributed by atoms with Crippen molar-refractivity contribution in [2.75, 3.05) is 39.6 Å². The van der Waals surface area contributed by atoms with Gasteiger partial charge in [-0.15, -0.1) is 0 Å². The maximum absolute atomic E-state index is 13.4. The quantitative estimate of drug-likeness (QED) is 0.0221. The van der Waals surface area contributed by atoms with Crippen LogP contribution in [0.25, 0.3) is 0 Å². The molecule has 604 valence electrons. The van der Waals surface area contributed by atoms with Gasteiger partial charge in [-0.25, -0.2) is 0 Å². The molecule has 0 aromatic rings. The average Bonchev–Trinajstić information content (AvgIpc) is 0.781. The monoisotopic (exact) mass is 1490 g/mol. The van der Waals surface area contributed by atoms with Crippen LogP contribution >= 0.6 is 0 Å². The van der Waals surface area contributed by atoms with Crippen molar-refractivity contribution >= 4 is 5.91 Å². The molecule has 0 aromatic heterocycles. The summed E-state index contributed by atoms with van der Waals surface area (Å²) in [5.41, 5.74) is 6.59. The van der Waals surface area contributed by atoms with Crippen LogP contribution in [0.5, 0.6) is 0 Å². The van der Waals surface area contributed by atoms with Gasteiger partial charge < -0.3 is 160 Å². The van der Waals surface area contributed by atoms with Gasteiger partial charge in [0.05, 0.1) is 63.9 Å². The third-order valence-corrected chi connectivity index (χ3v) is 20.5. The summed E-state index contributed by atoms with van der Waals surface area (Å²) in [7, 11) is 0. The smallest absolute Gasteiger partial charge is 0.220 e. The number of allylic oxidation sites excluding steroid dienone is 1. The molecule has 21 N–H and O–H groups in total. The molecule has 6 heterocycles. The van der Waals surface area contributed by atoms with Gasteiger partial charge in [0, 0.05) is 6.42 Å². The van der Waals surface area contributed by atoms with Gasteiger partial charge in [-0.2, -0.15) is 0 Å². The van der Waals surface area contributed by atoms with E-state index in [4.69, 9.17) is 62.6 Å². The molecule has 0 radical (unpaired) electrons. The number of carbonyl (C=O) groups excluding carboxylic acids is 1. The third kappa shape index (κ3) is 26.3. The Morgan fingerprint density at radius 1 is 0.388 bits per heavy atom. The Morgan fingerprint density at radius 3 is 1.27 bits per heavy atom. The van der Waals surface area contributed by atoms with Crippen LogP contribution in [0.3, 0.4) is 0 Å². The van der Waals surface area contributed by atoms with Crippen LogP contribution in [0.2, 0.25) is 0 Å². The van der Waals surface area contributed by atoms with Crippen molar-refractivity contribution in [2.45, 2.75) is 384 Å². The fraction of sp³-hybridized carbons (Fsp3) is 0.957. The van der Waals surface area contributed by atoms with Crippen molar-refractivity contribution in [1.29, 1.82) is 0 Å². The summed E-state index contributed by atoms with van der Waals surface area (Å²) in [6.07, 6.45) is -22.9. The molecule has 0 bridgehead atoms. The number of aliphatic hydroxyl groups excluding tert-OH is 18. The maximum Gasteiger partial charge on any atom is 0.220 e. The first-order chi connectivity index (χ1) is 49.5. The second-order valence-corrected chi connectivity index (χ2v) is 28.5. The van der Waals surface area contributed by atoms with Gasteiger partial charge in [0.15, 0.2) is 37.7 Å². The molecule has 6 saturated heterocycles. The summed E-state index contributed by atoms with van der Waals surface area (Å²) in [5.74, 6) is -0.328. The van der Waals surface area contributed by atoms with Crippen LogP contribution in [-0.4, -0.2) is 334 Å². The maximum atomic E-state index is 13.4. The molecule has 6 fully saturated rings. The molecule has 0 aromatic carbocycles. The number of nitrogens with two attached hydrogens (primary N) is 1. The molecular weight excluding hydrogens is 1360 g/mol. The number of aliphatic hydroxyl groups is 18. The Labute approximate surface area is 604 Å². The molecule has 0 saturated carbocycles. The molecule has 6 aliphatic heterocycles. The minimum atomic E-state index is -2.19. The van der Waals surface area contributed by atoms with E-state index in [1.165, 1.54) is 103 Å². The second-order valence-electron chi connectivity index (χ2n) is 28.5. The lowest BCUT2D eigenvalue weighted by atomic mass is 9.94. The van der Waals surface area contributed by atoms with E-state index >= 15 is 0 Å². The van der Waals surface area contributed by atoms with E-state index in [1.54, 1.807) is 6.08 Å². The Morgan fingerprint density at radius 2 is 0.757 bits per heavy atom. The van der Waals surface area contributed by atoms with Crippen molar-refractivity contribution in [3.63, 3.8) is 0 Å². The van der Waals surface area contributed by atoms with Gasteiger partial charge in [0.2, 0.25) is 5.91 Å². The zero-order valence-corrected chi connectivity index (χ0v) is 60.2. The van der Waals surface area contributed by atoms with Crippen LogP contribution in [0.4, 0.5) is 0 Å². The third-order valence-electron chi connectivity index (χ3n) is 20.5. The van der Waals surface area contributed by atoms with Crippen LogP contribution in [-0.2, 0) is 61.6 Å². The number of ether oxygens (including phenoxy) is 12. The van der Waals surface area contributed by atoms with E-state index < -0.39 is 236 Å². The van der Waals surface area contributed by atoms with Crippen molar-refractivity contribution < 1.29 is 154 Å². The van der Waals surface area contributed by atoms with Gasteiger partial charge in [-0.3, -0.25) is 4.79 Å². The summed E-state index contributed by atoms with van der Waals surface area (Å²) in [6.45, 7) is 0.521. The lowest BCUT2D eigenvalue weighted by Gasteiger charge is -2.50. The molecule has 6 rings (SSSR count). The Bertz CT molecular complexity index is 2300. The Balaban J connectivity index is 1.06. The molecule has 20 unspecified atom stereocenters. The second kappa shape index (κ2) is 47.2. The van der Waals surface area contributed by atoms with Crippen LogP contribution in [0.1, 0.15) is 188 Å². The number of amides is 1. The first-order valence-corrected chi connectivity index (χ1v) is 37.9. The zero-order valence-electron chi connectivity index (χ0n) is 60.2. The summed E-state index contributed by atoms with van der Waals surface area (Å²) >= 11 is 0. The van der Waals surface area contributed by atoms with E-state index in [0.717, 1.165) is 51.4 Å². The van der Waals surface area contributed by atoms with Gasteiger partial charge >= 0.3 is 0 Å². The highest BCUT2D eigenvalue weighted by atomic mass is 16.8. The average molecular weight is 1490 g/mol. The van der Waals surface area contributed by atoms with Crippen molar-refractivity contribution in [2.24, 2.45) is 5.73 Å². The van der Waals surface area contributed by atoms with Crippen LogP contribution < -0.4 is 11.1 Å². The molecule has 0 aliphatic carbocycles. The molecule has 0 spiro atoms. The largest absolute Gasteiger partial charge is 0.394 e. The summed E-state index contributed by atoms with van der Waals surface area (Å²) in [6, 6.07) is -2.80. The number of unbranched alkanes of at least 4 members (excludes halogenated alkanes) is 23. The number of carbonyl (C=O) groups is 1. The van der Waals surface area contributed by atoms with Crippen LogP contribution in [0.15, 0.2) is 12.2 Å². The van der Waals surface area contributed by atoms with E-state index in [-0.39, 0.29) is 12.3 Å². The number of rotatable bonds is 47. The normalized spacial score (nSPS) is 39.6. The number of nitrogens with one attached hydrogen (secondary N) is 1. The summed E-state index contributed by atoms with van der Waals surface area (Å²) in [4.78, 5) is 13.4. The minimum absolute atomic E-state index is 0.192. The lowest BCUT2D eigenvalue weighted by Crippen LogP contribution is -2.69.